The monoisotopic (exact) mass is 397 g/mol. The molecule has 0 rings (SSSR count). The predicted octanol–water partition coefficient (Wildman–Crippen LogP) is 7.63. The van der Waals surface area contributed by atoms with Crippen molar-refractivity contribution in [1.82, 2.24) is 5.32 Å². The summed E-state index contributed by atoms with van der Waals surface area (Å²) in [5.74, 6) is 0.138. The third-order valence-electron chi connectivity index (χ3n) is 3.95. The van der Waals surface area contributed by atoms with Crippen LogP contribution in [0.15, 0.2) is 72.9 Å². The van der Waals surface area contributed by atoms with Gasteiger partial charge in [0.15, 0.2) is 0 Å². The van der Waals surface area contributed by atoms with Crippen molar-refractivity contribution in [2.24, 2.45) is 5.41 Å². The number of rotatable bonds is 15. The Morgan fingerprint density at radius 2 is 1.03 bits per heavy atom. The Balaban J connectivity index is 3.61. The molecule has 162 valence electrons. The molecule has 0 aliphatic rings. The van der Waals surface area contributed by atoms with Crippen molar-refractivity contribution < 1.29 is 4.79 Å². The van der Waals surface area contributed by atoms with Crippen LogP contribution in [0.2, 0.25) is 0 Å². The normalized spacial score (nSPS) is 13.4. The molecular weight excluding hydrogens is 354 g/mol. The molecule has 0 aromatic carbocycles. The van der Waals surface area contributed by atoms with Crippen molar-refractivity contribution in [2.45, 2.75) is 79.1 Å². The van der Waals surface area contributed by atoms with E-state index in [0.717, 1.165) is 51.5 Å². The minimum absolute atomic E-state index is 0.138. The average molecular weight is 398 g/mol. The van der Waals surface area contributed by atoms with E-state index in [1.807, 2.05) is 0 Å². The maximum absolute atomic E-state index is 11.7. The minimum atomic E-state index is 0.138. The highest BCUT2D eigenvalue weighted by Gasteiger charge is 2.10. The second-order valence-electron chi connectivity index (χ2n) is 8.29. The van der Waals surface area contributed by atoms with Crippen LogP contribution in [-0.2, 0) is 4.79 Å². The van der Waals surface area contributed by atoms with Gasteiger partial charge in [-0.25, -0.2) is 0 Å². The summed E-state index contributed by atoms with van der Waals surface area (Å²) in [6, 6.07) is 0. The molecule has 0 bridgehead atoms. The molecule has 29 heavy (non-hydrogen) atoms. The fourth-order valence-corrected chi connectivity index (χ4v) is 2.31. The molecule has 0 aliphatic heterocycles. The third kappa shape index (κ3) is 23.9. The van der Waals surface area contributed by atoms with E-state index in [2.05, 4.69) is 106 Å². The van der Waals surface area contributed by atoms with Gasteiger partial charge in [-0.15, -0.1) is 0 Å². The van der Waals surface area contributed by atoms with E-state index in [0.29, 0.717) is 6.42 Å². The Morgan fingerprint density at radius 1 is 0.655 bits per heavy atom. The molecule has 0 atom stereocenters. The molecule has 2 nitrogen and oxygen atoms in total. The van der Waals surface area contributed by atoms with Crippen molar-refractivity contribution in [3.8, 4) is 0 Å². The zero-order valence-electron chi connectivity index (χ0n) is 19.2. The number of nitrogens with one attached hydrogen (secondary N) is 1. The van der Waals surface area contributed by atoms with E-state index in [4.69, 9.17) is 0 Å². The van der Waals surface area contributed by atoms with Gasteiger partial charge < -0.3 is 5.32 Å². The summed E-state index contributed by atoms with van der Waals surface area (Å²) in [7, 11) is 0. The maximum Gasteiger partial charge on any atom is 0.220 e. The molecule has 0 fully saturated rings. The molecule has 0 radical (unpaired) electrons. The van der Waals surface area contributed by atoms with Crippen LogP contribution in [-0.4, -0.2) is 12.5 Å². The van der Waals surface area contributed by atoms with Gasteiger partial charge in [-0.2, -0.15) is 0 Å². The molecule has 0 heterocycles. The summed E-state index contributed by atoms with van der Waals surface area (Å²) in [6.45, 7) is 9.26. The average Bonchev–Trinajstić information content (AvgIpc) is 2.67. The second kappa shape index (κ2) is 19.2. The number of hydrogen-bond acceptors (Lipinski definition) is 1. The minimum Gasteiger partial charge on any atom is -0.356 e. The molecule has 1 N–H and O–H groups in total. The van der Waals surface area contributed by atoms with Crippen LogP contribution in [0.3, 0.4) is 0 Å². The van der Waals surface area contributed by atoms with E-state index in [-0.39, 0.29) is 11.3 Å². The van der Waals surface area contributed by atoms with E-state index in [9.17, 15) is 4.79 Å². The summed E-state index contributed by atoms with van der Waals surface area (Å²) in [5, 5.41) is 2.98. The van der Waals surface area contributed by atoms with Gasteiger partial charge >= 0.3 is 0 Å². The topological polar surface area (TPSA) is 29.1 Å². The second-order valence-corrected chi connectivity index (χ2v) is 8.29. The fourth-order valence-electron chi connectivity index (χ4n) is 2.31. The summed E-state index contributed by atoms with van der Waals surface area (Å²) >= 11 is 0. The number of carbonyl (C=O) groups is 1. The molecule has 2 heteroatoms. The Labute approximate surface area is 180 Å². The highest BCUT2D eigenvalue weighted by atomic mass is 16.1. The van der Waals surface area contributed by atoms with Gasteiger partial charge in [-0.1, -0.05) is 101 Å². The van der Waals surface area contributed by atoms with Crippen LogP contribution < -0.4 is 5.32 Å². The van der Waals surface area contributed by atoms with Gasteiger partial charge in [0.1, 0.15) is 0 Å². The van der Waals surface area contributed by atoms with Crippen molar-refractivity contribution in [2.75, 3.05) is 6.54 Å². The first-order chi connectivity index (χ1) is 14.0. The van der Waals surface area contributed by atoms with Crippen LogP contribution in [0.4, 0.5) is 0 Å². The van der Waals surface area contributed by atoms with Crippen LogP contribution in [0.5, 0.6) is 0 Å². The standard InChI is InChI=1S/C27H43NO/c1-5-6-7-8-9-10-11-12-13-14-15-16-17-18-19-20-21-22-23-24-26(29)28-25-27(2,3)4/h6-7,9-10,12-13,15-16,18-19,21-22H,5,8,11,14,17,20,23-25H2,1-4H3,(H,28,29). The van der Waals surface area contributed by atoms with Crippen molar-refractivity contribution in [1.29, 1.82) is 0 Å². The Morgan fingerprint density at radius 3 is 1.41 bits per heavy atom. The molecule has 0 saturated heterocycles. The van der Waals surface area contributed by atoms with Gasteiger partial charge in [0.2, 0.25) is 5.91 Å². The SMILES string of the molecule is CCC=CCC=CCC=CCC=CCC=CCC=CCCC(=O)NCC(C)(C)C. The molecule has 0 unspecified atom stereocenters. The molecule has 1 amide bonds. The van der Waals surface area contributed by atoms with Gasteiger partial charge in [0.05, 0.1) is 0 Å². The first-order valence-corrected chi connectivity index (χ1v) is 11.1. The highest BCUT2D eigenvalue weighted by Crippen LogP contribution is 2.10. The smallest absolute Gasteiger partial charge is 0.220 e. The van der Waals surface area contributed by atoms with E-state index in [1.54, 1.807) is 0 Å². The van der Waals surface area contributed by atoms with E-state index in [1.165, 1.54) is 0 Å². The zero-order chi connectivity index (χ0) is 21.6. The third-order valence-corrected chi connectivity index (χ3v) is 3.95. The lowest BCUT2D eigenvalue weighted by Crippen LogP contribution is -2.31. The summed E-state index contributed by atoms with van der Waals surface area (Å²) in [6.07, 6.45) is 33.7. The highest BCUT2D eigenvalue weighted by molar-refractivity contribution is 5.76. The largest absolute Gasteiger partial charge is 0.356 e. The zero-order valence-corrected chi connectivity index (χ0v) is 19.2. The van der Waals surface area contributed by atoms with E-state index < -0.39 is 0 Å². The lowest BCUT2D eigenvalue weighted by molar-refractivity contribution is -0.121. The first kappa shape index (κ1) is 26.9. The number of carbonyl (C=O) groups excluding carboxylic acids is 1. The van der Waals surface area contributed by atoms with Gasteiger partial charge in [-0.05, 0) is 50.4 Å². The summed E-state index contributed by atoms with van der Waals surface area (Å²) in [5.41, 5.74) is 0.143. The summed E-state index contributed by atoms with van der Waals surface area (Å²) in [4.78, 5) is 11.7. The Kier molecular flexibility index (Phi) is 17.8. The van der Waals surface area contributed by atoms with Crippen LogP contribution >= 0.6 is 0 Å². The van der Waals surface area contributed by atoms with Gasteiger partial charge in [-0.3, -0.25) is 4.79 Å². The quantitative estimate of drug-likeness (QED) is 0.283. The molecule has 0 aromatic rings. The van der Waals surface area contributed by atoms with Crippen LogP contribution in [0, 0.1) is 5.41 Å². The van der Waals surface area contributed by atoms with Crippen molar-refractivity contribution >= 4 is 5.91 Å². The Bertz CT molecular complexity index is 568. The number of amides is 1. The van der Waals surface area contributed by atoms with E-state index >= 15 is 0 Å². The van der Waals surface area contributed by atoms with Crippen molar-refractivity contribution in [3.05, 3.63) is 72.9 Å². The lowest BCUT2D eigenvalue weighted by Gasteiger charge is -2.18. The summed E-state index contributed by atoms with van der Waals surface area (Å²) < 4.78 is 0. The molecule has 0 saturated carbocycles. The number of hydrogen-bond donors (Lipinski definition) is 1. The lowest BCUT2D eigenvalue weighted by atomic mass is 9.97. The molecule has 0 aromatic heterocycles. The molecule has 0 aliphatic carbocycles. The Hall–Kier alpha value is -2.09. The van der Waals surface area contributed by atoms with Crippen molar-refractivity contribution in [3.63, 3.8) is 0 Å². The predicted molar refractivity (Wildman–Crippen MR) is 130 cm³/mol. The maximum atomic E-state index is 11.7. The molecular formula is C27H43NO. The van der Waals surface area contributed by atoms with Crippen LogP contribution in [0.25, 0.3) is 0 Å². The molecule has 0 spiro atoms. The fraction of sp³-hybridized carbons (Fsp3) is 0.519. The van der Waals surface area contributed by atoms with Gasteiger partial charge in [0.25, 0.3) is 0 Å². The number of allylic oxidation sites excluding steroid dienone is 12. The van der Waals surface area contributed by atoms with Gasteiger partial charge in [0, 0.05) is 13.0 Å². The van der Waals surface area contributed by atoms with Crippen LogP contribution in [0.1, 0.15) is 79.1 Å². The first-order valence-electron chi connectivity index (χ1n) is 11.1.